The molecule has 0 radical (unpaired) electrons. The zero-order chi connectivity index (χ0) is 8.93. The molecule has 16 heavy (non-hydrogen) atoms. The quantitative estimate of drug-likeness (QED) is 0.897. The van der Waals surface area contributed by atoms with E-state index in [4.69, 9.17) is 0 Å². The van der Waals surface area contributed by atoms with E-state index in [1.807, 2.05) is 0 Å². The van der Waals surface area contributed by atoms with Crippen molar-refractivity contribution in [2.45, 2.75) is 6.54 Å². The molecule has 0 saturated carbocycles. The first-order valence-electron chi connectivity index (χ1n) is 4.92. The van der Waals surface area contributed by atoms with Gasteiger partial charge in [-0.05, 0) is 5.56 Å². The second kappa shape index (κ2) is 10.2. The van der Waals surface area contributed by atoms with Gasteiger partial charge in [-0.25, -0.2) is 0 Å². The highest BCUT2D eigenvalue weighted by atomic mass is 35.5. The van der Waals surface area contributed by atoms with E-state index in [-0.39, 0.29) is 37.2 Å². The van der Waals surface area contributed by atoms with Gasteiger partial charge >= 0.3 is 0 Å². The van der Waals surface area contributed by atoms with Crippen molar-refractivity contribution >= 4 is 37.2 Å². The molecule has 1 fully saturated rings. The van der Waals surface area contributed by atoms with Crippen LogP contribution in [0.4, 0.5) is 0 Å². The van der Waals surface area contributed by atoms with Crippen molar-refractivity contribution in [3.8, 4) is 0 Å². The predicted octanol–water partition coefficient (Wildman–Crippen LogP) is 2.36. The Hall–Kier alpha value is 0.01000. The summed E-state index contributed by atoms with van der Waals surface area (Å²) in [7, 11) is 0. The maximum atomic E-state index is 3.36. The summed E-state index contributed by atoms with van der Waals surface area (Å²) < 4.78 is 0. The molecule has 1 aromatic carbocycles. The minimum atomic E-state index is 0. The third-order valence-corrected chi connectivity index (χ3v) is 2.46. The zero-order valence-corrected chi connectivity index (χ0v) is 11.5. The molecule has 0 amide bonds. The van der Waals surface area contributed by atoms with Crippen LogP contribution in [0.2, 0.25) is 0 Å². The molecule has 1 aliphatic rings. The van der Waals surface area contributed by atoms with E-state index in [1.165, 1.54) is 18.7 Å². The Morgan fingerprint density at radius 2 is 1.50 bits per heavy atom. The molecule has 0 unspecified atom stereocenters. The van der Waals surface area contributed by atoms with Crippen molar-refractivity contribution in [3.05, 3.63) is 35.9 Å². The van der Waals surface area contributed by atoms with Crippen LogP contribution in [0.25, 0.3) is 0 Å². The highest BCUT2D eigenvalue weighted by Crippen LogP contribution is 2.04. The number of nitrogens with zero attached hydrogens (tertiary/aromatic N) is 1. The van der Waals surface area contributed by atoms with Crippen LogP contribution in [0.5, 0.6) is 0 Å². The molecule has 0 bridgehead atoms. The number of halogens is 3. The van der Waals surface area contributed by atoms with E-state index in [1.54, 1.807) is 0 Å². The van der Waals surface area contributed by atoms with Crippen molar-refractivity contribution in [2.24, 2.45) is 0 Å². The average Bonchev–Trinajstić information content (AvgIpc) is 2.21. The molecule has 2 rings (SSSR count). The minimum Gasteiger partial charge on any atom is -0.314 e. The van der Waals surface area contributed by atoms with E-state index in [2.05, 4.69) is 40.5 Å². The molecule has 0 spiro atoms. The predicted molar refractivity (Wildman–Crippen MR) is 76.3 cm³/mol. The first-order valence-corrected chi connectivity index (χ1v) is 4.92. The van der Waals surface area contributed by atoms with Crippen molar-refractivity contribution in [2.75, 3.05) is 26.2 Å². The zero-order valence-electron chi connectivity index (χ0n) is 9.09. The fourth-order valence-electron chi connectivity index (χ4n) is 1.71. The number of rotatable bonds is 2. The Morgan fingerprint density at radius 1 is 0.938 bits per heavy atom. The summed E-state index contributed by atoms with van der Waals surface area (Å²) in [5, 5.41) is 3.36. The van der Waals surface area contributed by atoms with Gasteiger partial charge in [-0.2, -0.15) is 0 Å². The summed E-state index contributed by atoms with van der Waals surface area (Å²) >= 11 is 0. The molecular weight excluding hydrogens is 266 g/mol. The van der Waals surface area contributed by atoms with Gasteiger partial charge in [-0.3, -0.25) is 4.90 Å². The lowest BCUT2D eigenvalue weighted by Crippen LogP contribution is -2.42. The van der Waals surface area contributed by atoms with Crippen LogP contribution in [0.15, 0.2) is 30.3 Å². The molecule has 1 N–H and O–H groups in total. The van der Waals surface area contributed by atoms with Crippen LogP contribution in [0, 0.1) is 0 Å². The lowest BCUT2D eigenvalue weighted by atomic mass is 10.2. The maximum absolute atomic E-state index is 3.36. The van der Waals surface area contributed by atoms with Gasteiger partial charge in [0.1, 0.15) is 0 Å². The third kappa shape index (κ3) is 5.92. The molecule has 1 saturated heterocycles. The van der Waals surface area contributed by atoms with Gasteiger partial charge in [0.2, 0.25) is 0 Å². The monoisotopic (exact) mass is 284 g/mol. The molecule has 1 aromatic rings. The van der Waals surface area contributed by atoms with Gasteiger partial charge in [0.25, 0.3) is 0 Å². The molecule has 0 atom stereocenters. The highest BCUT2D eigenvalue weighted by molar-refractivity contribution is 5.86. The lowest BCUT2D eigenvalue weighted by Gasteiger charge is -2.27. The molecule has 5 heteroatoms. The van der Waals surface area contributed by atoms with Crippen molar-refractivity contribution in [3.63, 3.8) is 0 Å². The molecule has 1 heterocycles. The van der Waals surface area contributed by atoms with Crippen LogP contribution in [0.3, 0.4) is 0 Å². The van der Waals surface area contributed by atoms with E-state index in [0.717, 1.165) is 19.6 Å². The van der Waals surface area contributed by atoms with E-state index >= 15 is 0 Å². The summed E-state index contributed by atoms with van der Waals surface area (Å²) in [5.74, 6) is 0. The summed E-state index contributed by atoms with van der Waals surface area (Å²) in [4.78, 5) is 2.49. The normalized spacial score (nSPS) is 15.2. The van der Waals surface area contributed by atoms with Crippen molar-refractivity contribution < 1.29 is 0 Å². The fraction of sp³-hybridized carbons (Fsp3) is 0.455. The summed E-state index contributed by atoms with van der Waals surface area (Å²) in [6, 6.07) is 10.7. The molecule has 1 aliphatic heterocycles. The van der Waals surface area contributed by atoms with Crippen LogP contribution in [-0.4, -0.2) is 31.1 Å². The first kappa shape index (κ1) is 18.4. The van der Waals surface area contributed by atoms with Crippen LogP contribution < -0.4 is 5.32 Å². The molecule has 94 valence electrons. The summed E-state index contributed by atoms with van der Waals surface area (Å²) in [6.07, 6.45) is 0. The average molecular weight is 286 g/mol. The Kier molecular flexibility index (Phi) is 11.7. The van der Waals surface area contributed by atoms with Crippen LogP contribution >= 0.6 is 37.2 Å². The molecular formula is C11H19Cl3N2. The Bertz CT molecular complexity index is 251. The number of benzene rings is 1. The first-order chi connectivity index (χ1) is 6.45. The van der Waals surface area contributed by atoms with Crippen molar-refractivity contribution in [1.82, 2.24) is 10.2 Å². The summed E-state index contributed by atoms with van der Waals surface area (Å²) in [5.41, 5.74) is 1.42. The van der Waals surface area contributed by atoms with E-state index in [9.17, 15) is 0 Å². The minimum absolute atomic E-state index is 0. The van der Waals surface area contributed by atoms with E-state index < -0.39 is 0 Å². The van der Waals surface area contributed by atoms with Crippen LogP contribution in [-0.2, 0) is 6.54 Å². The standard InChI is InChI=1S/C11H16N2.3ClH/c1-2-4-11(5-3-1)10-13-8-6-12-7-9-13;;;/h1-5,12H,6-10H2;3*1H. The fourth-order valence-corrected chi connectivity index (χ4v) is 1.71. The van der Waals surface area contributed by atoms with Gasteiger partial charge in [-0.15, -0.1) is 37.2 Å². The second-order valence-corrected chi connectivity index (χ2v) is 3.51. The van der Waals surface area contributed by atoms with E-state index in [0.29, 0.717) is 0 Å². The van der Waals surface area contributed by atoms with Crippen molar-refractivity contribution in [1.29, 1.82) is 0 Å². The highest BCUT2D eigenvalue weighted by Gasteiger charge is 2.08. The Labute approximate surface area is 116 Å². The topological polar surface area (TPSA) is 15.3 Å². The third-order valence-electron chi connectivity index (χ3n) is 2.46. The van der Waals surface area contributed by atoms with Gasteiger partial charge in [0.05, 0.1) is 0 Å². The second-order valence-electron chi connectivity index (χ2n) is 3.51. The lowest BCUT2D eigenvalue weighted by molar-refractivity contribution is 0.233. The maximum Gasteiger partial charge on any atom is 0.0234 e. The number of nitrogens with one attached hydrogen (secondary N) is 1. The molecule has 0 aromatic heterocycles. The number of hydrogen-bond donors (Lipinski definition) is 1. The summed E-state index contributed by atoms with van der Waals surface area (Å²) in [6.45, 7) is 5.71. The smallest absolute Gasteiger partial charge is 0.0234 e. The van der Waals surface area contributed by atoms with Gasteiger partial charge in [0, 0.05) is 32.7 Å². The number of hydrogen-bond acceptors (Lipinski definition) is 2. The SMILES string of the molecule is Cl.Cl.Cl.c1ccc(CN2CCNCC2)cc1. The largest absolute Gasteiger partial charge is 0.314 e. The van der Waals surface area contributed by atoms with Crippen LogP contribution in [0.1, 0.15) is 5.56 Å². The Morgan fingerprint density at radius 3 is 2.06 bits per heavy atom. The Balaban J connectivity index is 0. The number of piperazine rings is 1. The molecule has 2 nitrogen and oxygen atoms in total. The molecule has 0 aliphatic carbocycles. The van der Waals surface area contributed by atoms with Gasteiger partial charge < -0.3 is 5.32 Å². The van der Waals surface area contributed by atoms with Gasteiger partial charge in [0.15, 0.2) is 0 Å². The van der Waals surface area contributed by atoms with Gasteiger partial charge in [-0.1, -0.05) is 30.3 Å².